The molecule has 0 atom stereocenters. The van der Waals surface area contributed by atoms with Crippen LogP contribution in [-0.4, -0.2) is 5.24 Å². The van der Waals surface area contributed by atoms with Crippen molar-refractivity contribution in [3.63, 3.8) is 0 Å². The quantitative estimate of drug-likeness (QED) is 0.571. The normalized spacial score (nSPS) is 10.0. The van der Waals surface area contributed by atoms with Crippen LogP contribution in [0.2, 0.25) is 5.02 Å². The van der Waals surface area contributed by atoms with Gasteiger partial charge in [0.05, 0.1) is 5.56 Å². The second-order valence-electron chi connectivity index (χ2n) is 2.30. The minimum atomic E-state index is -0.459. The number of carbonyl (C=O) groups is 1. The molecule has 0 fully saturated rings. The first-order chi connectivity index (χ1) is 5.54. The maximum Gasteiger partial charge on any atom is 0.253 e. The van der Waals surface area contributed by atoms with E-state index in [1.54, 1.807) is 19.1 Å². The topological polar surface area (TPSA) is 17.1 Å². The first kappa shape index (κ1) is 10.3. The summed E-state index contributed by atoms with van der Waals surface area (Å²) in [5, 5.41) is 0.110. The van der Waals surface area contributed by atoms with Gasteiger partial charge in [-0.15, -0.1) is 0 Å². The number of halogens is 3. The van der Waals surface area contributed by atoms with Crippen molar-refractivity contribution in [3.05, 3.63) is 31.9 Å². The molecule has 0 heterocycles. The molecule has 1 aromatic carbocycles. The maximum absolute atomic E-state index is 10.9. The molecule has 1 nitrogen and oxygen atoms in total. The molecule has 0 radical (unpaired) electrons. The maximum atomic E-state index is 10.9. The highest BCUT2D eigenvalue weighted by Crippen LogP contribution is 2.25. The zero-order chi connectivity index (χ0) is 9.30. The Kier molecular flexibility index (Phi) is 3.37. The minimum absolute atomic E-state index is 0.459. The van der Waals surface area contributed by atoms with E-state index in [2.05, 4.69) is 22.6 Å². The number of hydrogen-bond acceptors (Lipinski definition) is 1. The SMILES string of the molecule is Cc1c(Cl)ccc(I)c1C(=O)Cl. The molecule has 0 aliphatic heterocycles. The van der Waals surface area contributed by atoms with Crippen LogP contribution in [0, 0.1) is 10.5 Å². The molecule has 64 valence electrons. The van der Waals surface area contributed by atoms with Gasteiger partial charge in [-0.2, -0.15) is 0 Å². The monoisotopic (exact) mass is 314 g/mol. The van der Waals surface area contributed by atoms with Crippen LogP contribution >= 0.6 is 45.8 Å². The first-order valence-corrected chi connectivity index (χ1v) is 5.02. The Morgan fingerprint density at radius 2 is 2.08 bits per heavy atom. The second kappa shape index (κ2) is 3.94. The summed E-state index contributed by atoms with van der Waals surface area (Å²) in [4.78, 5) is 10.9. The van der Waals surface area contributed by atoms with E-state index in [4.69, 9.17) is 23.2 Å². The number of carbonyl (C=O) groups excluding carboxylic acids is 1. The molecule has 0 spiro atoms. The molecular formula is C8H5Cl2IO. The summed E-state index contributed by atoms with van der Waals surface area (Å²) in [5.41, 5.74) is 1.24. The van der Waals surface area contributed by atoms with E-state index < -0.39 is 5.24 Å². The lowest BCUT2D eigenvalue weighted by Gasteiger charge is -2.04. The molecule has 0 bridgehead atoms. The van der Waals surface area contributed by atoms with Crippen LogP contribution in [0.1, 0.15) is 15.9 Å². The van der Waals surface area contributed by atoms with E-state index in [0.29, 0.717) is 10.6 Å². The van der Waals surface area contributed by atoms with Gasteiger partial charge in [0.15, 0.2) is 0 Å². The average molecular weight is 315 g/mol. The summed E-state index contributed by atoms with van der Waals surface area (Å²) in [5.74, 6) is 0. The summed E-state index contributed by atoms with van der Waals surface area (Å²) in [6.07, 6.45) is 0. The third-order valence-corrected chi connectivity index (χ3v) is 3.04. The Hall–Kier alpha value is 0.200. The van der Waals surface area contributed by atoms with Gasteiger partial charge in [0.25, 0.3) is 5.24 Å². The number of rotatable bonds is 1. The van der Waals surface area contributed by atoms with Crippen LogP contribution < -0.4 is 0 Å². The van der Waals surface area contributed by atoms with Crippen molar-refractivity contribution >= 4 is 51.0 Å². The van der Waals surface area contributed by atoms with E-state index in [1.165, 1.54) is 0 Å². The van der Waals surface area contributed by atoms with Crippen molar-refractivity contribution < 1.29 is 4.79 Å². The third kappa shape index (κ3) is 1.92. The van der Waals surface area contributed by atoms with Crippen molar-refractivity contribution in [3.8, 4) is 0 Å². The molecule has 0 saturated carbocycles. The smallest absolute Gasteiger partial charge is 0.253 e. The standard InChI is InChI=1S/C8H5Cl2IO/c1-4-5(9)2-3-6(11)7(4)8(10)12/h2-3H,1H3. The predicted octanol–water partition coefficient (Wildman–Crippen LogP) is 3.63. The molecule has 0 aliphatic carbocycles. The van der Waals surface area contributed by atoms with Crippen LogP contribution in [0.15, 0.2) is 12.1 Å². The van der Waals surface area contributed by atoms with Gasteiger partial charge in [0.1, 0.15) is 0 Å². The lowest BCUT2D eigenvalue weighted by atomic mass is 10.1. The molecule has 12 heavy (non-hydrogen) atoms. The summed E-state index contributed by atoms with van der Waals surface area (Å²) < 4.78 is 0.828. The van der Waals surface area contributed by atoms with Gasteiger partial charge in [-0.3, -0.25) is 4.79 Å². The molecule has 0 N–H and O–H groups in total. The van der Waals surface area contributed by atoms with Crippen molar-refractivity contribution in [2.75, 3.05) is 0 Å². The van der Waals surface area contributed by atoms with Crippen LogP contribution in [-0.2, 0) is 0 Å². The Morgan fingerprint density at radius 3 is 2.50 bits per heavy atom. The Balaban J connectivity index is 3.43. The third-order valence-electron chi connectivity index (χ3n) is 1.54. The zero-order valence-corrected chi connectivity index (χ0v) is 9.87. The highest BCUT2D eigenvalue weighted by Gasteiger charge is 2.12. The molecule has 0 saturated heterocycles. The highest BCUT2D eigenvalue weighted by atomic mass is 127. The van der Waals surface area contributed by atoms with Crippen molar-refractivity contribution in [1.82, 2.24) is 0 Å². The van der Waals surface area contributed by atoms with E-state index in [-0.39, 0.29) is 0 Å². The van der Waals surface area contributed by atoms with Crippen LogP contribution in [0.4, 0.5) is 0 Å². The number of benzene rings is 1. The summed E-state index contributed by atoms with van der Waals surface area (Å²) in [6.45, 7) is 1.78. The average Bonchev–Trinajstić information content (AvgIpc) is 1.97. The van der Waals surface area contributed by atoms with E-state index in [1.807, 2.05) is 0 Å². The Morgan fingerprint density at radius 1 is 1.50 bits per heavy atom. The van der Waals surface area contributed by atoms with Gasteiger partial charge in [-0.05, 0) is 58.8 Å². The molecule has 0 aromatic heterocycles. The molecular weight excluding hydrogens is 310 g/mol. The van der Waals surface area contributed by atoms with Crippen molar-refractivity contribution in [2.45, 2.75) is 6.92 Å². The summed E-state index contributed by atoms with van der Waals surface area (Å²) in [7, 11) is 0. The highest BCUT2D eigenvalue weighted by molar-refractivity contribution is 14.1. The Bertz CT molecular complexity index is 336. The molecule has 0 aliphatic rings. The molecule has 1 rings (SSSR count). The summed E-state index contributed by atoms with van der Waals surface area (Å²) >= 11 is 13.3. The van der Waals surface area contributed by atoms with Crippen LogP contribution in [0.5, 0.6) is 0 Å². The fraction of sp³-hybridized carbons (Fsp3) is 0.125. The van der Waals surface area contributed by atoms with Gasteiger partial charge in [-0.1, -0.05) is 11.6 Å². The minimum Gasteiger partial charge on any atom is -0.276 e. The molecule has 0 unspecified atom stereocenters. The second-order valence-corrected chi connectivity index (χ2v) is 4.22. The first-order valence-electron chi connectivity index (χ1n) is 3.18. The fourth-order valence-electron chi connectivity index (χ4n) is 0.894. The zero-order valence-electron chi connectivity index (χ0n) is 6.20. The molecule has 0 amide bonds. The lowest BCUT2D eigenvalue weighted by Crippen LogP contribution is -1.97. The van der Waals surface area contributed by atoms with Gasteiger partial charge in [0.2, 0.25) is 0 Å². The van der Waals surface area contributed by atoms with Crippen molar-refractivity contribution in [1.29, 1.82) is 0 Å². The van der Waals surface area contributed by atoms with Gasteiger partial charge in [0, 0.05) is 8.59 Å². The van der Waals surface area contributed by atoms with Gasteiger partial charge >= 0.3 is 0 Å². The Labute approximate surface area is 94.2 Å². The van der Waals surface area contributed by atoms with Gasteiger partial charge < -0.3 is 0 Å². The summed E-state index contributed by atoms with van der Waals surface area (Å²) in [6, 6.07) is 3.52. The largest absolute Gasteiger partial charge is 0.276 e. The predicted molar refractivity (Wildman–Crippen MR) is 59.1 cm³/mol. The van der Waals surface area contributed by atoms with E-state index in [0.717, 1.165) is 9.13 Å². The lowest BCUT2D eigenvalue weighted by molar-refractivity contribution is 0.108. The number of hydrogen-bond donors (Lipinski definition) is 0. The molecule has 4 heteroatoms. The van der Waals surface area contributed by atoms with Crippen LogP contribution in [0.25, 0.3) is 0 Å². The molecule has 1 aromatic rings. The van der Waals surface area contributed by atoms with Crippen molar-refractivity contribution in [2.24, 2.45) is 0 Å². The van der Waals surface area contributed by atoms with E-state index in [9.17, 15) is 4.79 Å². The van der Waals surface area contributed by atoms with E-state index >= 15 is 0 Å². The van der Waals surface area contributed by atoms with Gasteiger partial charge in [-0.25, -0.2) is 0 Å². The van der Waals surface area contributed by atoms with Crippen LogP contribution in [0.3, 0.4) is 0 Å². The fourth-order valence-corrected chi connectivity index (χ4v) is 2.28.